The van der Waals surface area contributed by atoms with E-state index in [0.717, 1.165) is 30.0 Å². The van der Waals surface area contributed by atoms with Gasteiger partial charge in [-0.15, -0.1) is 0 Å². The van der Waals surface area contributed by atoms with E-state index in [0.29, 0.717) is 42.7 Å². The molecule has 0 spiro atoms. The molecule has 0 saturated carbocycles. The summed E-state index contributed by atoms with van der Waals surface area (Å²) in [5.41, 5.74) is 2.29. The molecule has 1 aliphatic heterocycles. The van der Waals surface area contributed by atoms with E-state index in [-0.39, 0.29) is 5.56 Å². The number of aryl methyl sites for hydroxylation is 1. The lowest BCUT2D eigenvalue weighted by atomic mass is 10.1. The lowest BCUT2D eigenvalue weighted by molar-refractivity contribution is 0.159. The summed E-state index contributed by atoms with van der Waals surface area (Å²) in [6, 6.07) is 9.55. The first-order chi connectivity index (χ1) is 14.1. The molecule has 7 heteroatoms. The Kier molecular flexibility index (Phi) is 5.49. The third-order valence-corrected chi connectivity index (χ3v) is 5.17. The molecule has 4 rings (SSSR count). The van der Waals surface area contributed by atoms with Crippen molar-refractivity contribution in [3.05, 3.63) is 58.3 Å². The summed E-state index contributed by atoms with van der Waals surface area (Å²) >= 11 is 0. The van der Waals surface area contributed by atoms with E-state index in [1.165, 1.54) is 0 Å². The molecule has 2 aromatic heterocycles. The zero-order chi connectivity index (χ0) is 20.4. The summed E-state index contributed by atoms with van der Waals surface area (Å²) in [7, 11) is 1.69. The van der Waals surface area contributed by atoms with Crippen LogP contribution in [-0.2, 0) is 24.2 Å². The molecule has 3 aromatic rings. The van der Waals surface area contributed by atoms with Crippen molar-refractivity contribution in [1.29, 1.82) is 0 Å². The van der Waals surface area contributed by atoms with Crippen molar-refractivity contribution in [3.8, 4) is 22.9 Å². The molecule has 0 amide bonds. The minimum absolute atomic E-state index is 0.117. The van der Waals surface area contributed by atoms with Gasteiger partial charge < -0.3 is 9.47 Å². The third kappa shape index (κ3) is 3.82. The molecule has 0 bridgehead atoms. The van der Waals surface area contributed by atoms with Gasteiger partial charge in [0.1, 0.15) is 17.3 Å². The molecule has 1 atom stereocenters. The zero-order valence-corrected chi connectivity index (χ0v) is 17.1. The Hall–Kier alpha value is -2.93. The van der Waals surface area contributed by atoms with Crippen LogP contribution in [0, 0.1) is 12.8 Å². The van der Waals surface area contributed by atoms with Crippen LogP contribution in [0.25, 0.3) is 11.4 Å². The summed E-state index contributed by atoms with van der Waals surface area (Å²) < 4.78 is 15.1. The number of fused-ring (bicyclic) bond motifs is 1. The van der Waals surface area contributed by atoms with Crippen LogP contribution >= 0.6 is 0 Å². The SMILES string of the molecule is COC[C@H](C)Cc1nccc(-c2c(Oc3ccccc3C)c(=O)n3n2CCC3)n1. The molecular weight excluding hydrogens is 368 g/mol. The molecule has 1 aromatic carbocycles. The first-order valence-corrected chi connectivity index (χ1v) is 9.96. The van der Waals surface area contributed by atoms with Crippen molar-refractivity contribution in [3.63, 3.8) is 0 Å². The number of nitrogens with zero attached hydrogens (tertiary/aromatic N) is 4. The Labute approximate surface area is 169 Å². The Morgan fingerprint density at radius 3 is 2.76 bits per heavy atom. The Balaban J connectivity index is 1.77. The molecule has 0 fully saturated rings. The second kappa shape index (κ2) is 8.21. The first-order valence-electron chi connectivity index (χ1n) is 9.96. The van der Waals surface area contributed by atoms with Gasteiger partial charge in [0, 0.05) is 39.4 Å². The van der Waals surface area contributed by atoms with Crippen LogP contribution in [0.1, 0.15) is 24.7 Å². The zero-order valence-electron chi connectivity index (χ0n) is 17.1. The van der Waals surface area contributed by atoms with E-state index in [1.54, 1.807) is 18.0 Å². The smallest absolute Gasteiger partial charge is 0.310 e. The monoisotopic (exact) mass is 394 g/mol. The summed E-state index contributed by atoms with van der Waals surface area (Å²) in [5.74, 6) is 2.05. The largest absolute Gasteiger partial charge is 0.449 e. The summed E-state index contributed by atoms with van der Waals surface area (Å²) in [6.45, 7) is 6.17. The maximum atomic E-state index is 13.1. The topological polar surface area (TPSA) is 71.2 Å². The summed E-state index contributed by atoms with van der Waals surface area (Å²) in [6.07, 6.45) is 3.38. The number of ether oxygens (including phenoxy) is 2. The fraction of sp³-hybridized carbons (Fsp3) is 0.409. The molecule has 0 aliphatic carbocycles. The molecule has 152 valence electrons. The van der Waals surface area contributed by atoms with E-state index in [4.69, 9.17) is 14.5 Å². The van der Waals surface area contributed by atoms with E-state index in [1.807, 2.05) is 41.9 Å². The quantitative estimate of drug-likeness (QED) is 0.614. The van der Waals surface area contributed by atoms with Crippen LogP contribution in [-0.4, -0.2) is 33.0 Å². The van der Waals surface area contributed by atoms with Crippen molar-refractivity contribution in [2.75, 3.05) is 13.7 Å². The highest BCUT2D eigenvalue weighted by Gasteiger charge is 2.27. The molecule has 1 aliphatic rings. The van der Waals surface area contributed by atoms with Crippen molar-refractivity contribution in [2.24, 2.45) is 5.92 Å². The molecule has 7 nitrogen and oxygen atoms in total. The minimum Gasteiger partial charge on any atom is -0.449 e. The third-order valence-electron chi connectivity index (χ3n) is 5.17. The van der Waals surface area contributed by atoms with Gasteiger partial charge in [0.05, 0.1) is 5.69 Å². The van der Waals surface area contributed by atoms with E-state index < -0.39 is 0 Å². The predicted octanol–water partition coefficient (Wildman–Crippen LogP) is 3.44. The highest BCUT2D eigenvalue weighted by Crippen LogP contribution is 2.33. The molecule has 0 N–H and O–H groups in total. The highest BCUT2D eigenvalue weighted by molar-refractivity contribution is 5.64. The van der Waals surface area contributed by atoms with Gasteiger partial charge in [-0.25, -0.2) is 14.6 Å². The lowest BCUT2D eigenvalue weighted by Crippen LogP contribution is -2.17. The van der Waals surface area contributed by atoms with Crippen LogP contribution in [0.4, 0.5) is 0 Å². The number of rotatable bonds is 7. The van der Waals surface area contributed by atoms with Crippen molar-refractivity contribution >= 4 is 0 Å². The molecule has 29 heavy (non-hydrogen) atoms. The van der Waals surface area contributed by atoms with Gasteiger partial charge in [-0.2, -0.15) is 0 Å². The fourth-order valence-corrected chi connectivity index (χ4v) is 3.80. The van der Waals surface area contributed by atoms with Gasteiger partial charge in [0.2, 0.25) is 5.75 Å². The van der Waals surface area contributed by atoms with Crippen LogP contribution in [0.15, 0.2) is 41.3 Å². The number of para-hydroxylation sites is 1. The van der Waals surface area contributed by atoms with Gasteiger partial charge in [0.25, 0.3) is 0 Å². The first kappa shape index (κ1) is 19.4. The molecule has 0 unspecified atom stereocenters. The van der Waals surface area contributed by atoms with Crippen molar-refractivity contribution in [2.45, 2.75) is 39.8 Å². The molecular formula is C22H26N4O3. The molecule has 0 saturated heterocycles. The van der Waals surface area contributed by atoms with E-state index >= 15 is 0 Å². The second-order valence-electron chi connectivity index (χ2n) is 7.57. The Morgan fingerprint density at radius 1 is 1.17 bits per heavy atom. The summed E-state index contributed by atoms with van der Waals surface area (Å²) in [5, 5.41) is 0. The average molecular weight is 394 g/mol. The molecule has 3 heterocycles. The second-order valence-corrected chi connectivity index (χ2v) is 7.57. The molecule has 0 radical (unpaired) electrons. The Bertz CT molecular complexity index is 1070. The van der Waals surface area contributed by atoms with E-state index in [2.05, 4.69) is 11.9 Å². The minimum atomic E-state index is -0.117. The maximum Gasteiger partial charge on any atom is 0.310 e. The number of methoxy groups -OCH3 is 1. The van der Waals surface area contributed by atoms with Crippen molar-refractivity contribution < 1.29 is 9.47 Å². The van der Waals surface area contributed by atoms with Crippen LogP contribution < -0.4 is 10.3 Å². The highest BCUT2D eigenvalue weighted by atomic mass is 16.5. The van der Waals surface area contributed by atoms with Gasteiger partial charge in [-0.1, -0.05) is 25.1 Å². The normalized spacial score (nSPS) is 14.0. The standard InChI is InChI=1S/C22H26N4O3/c1-15(14-28-3)13-19-23-10-9-17(24-19)20-21(22(27)26-12-6-11-25(20)26)29-18-8-5-4-7-16(18)2/h4-5,7-10,15H,6,11-14H2,1-3H3/t15-/m1/s1. The van der Waals surface area contributed by atoms with Crippen LogP contribution in [0.2, 0.25) is 0 Å². The van der Waals surface area contributed by atoms with Gasteiger partial charge in [-0.05, 0) is 37.0 Å². The number of hydrogen-bond acceptors (Lipinski definition) is 5. The predicted molar refractivity (Wildman–Crippen MR) is 110 cm³/mol. The summed E-state index contributed by atoms with van der Waals surface area (Å²) in [4.78, 5) is 22.3. The van der Waals surface area contributed by atoms with E-state index in [9.17, 15) is 4.79 Å². The van der Waals surface area contributed by atoms with Crippen LogP contribution in [0.3, 0.4) is 0 Å². The van der Waals surface area contributed by atoms with Gasteiger partial charge in [-0.3, -0.25) is 9.48 Å². The van der Waals surface area contributed by atoms with Gasteiger partial charge in [0.15, 0.2) is 0 Å². The van der Waals surface area contributed by atoms with Gasteiger partial charge >= 0.3 is 5.56 Å². The Morgan fingerprint density at radius 2 is 1.97 bits per heavy atom. The fourth-order valence-electron chi connectivity index (χ4n) is 3.80. The number of benzene rings is 1. The number of aromatic nitrogens is 4. The number of hydrogen-bond donors (Lipinski definition) is 0. The maximum absolute atomic E-state index is 13.1. The lowest BCUT2D eigenvalue weighted by Gasteiger charge is -2.12. The van der Waals surface area contributed by atoms with Crippen molar-refractivity contribution in [1.82, 2.24) is 19.3 Å². The van der Waals surface area contributed by atoms with Crippen LogP contribution in [0.5, 0.6) is 11.5 Å². The average Bonchev–Trinajstić information content (AvgIpc) is 3.27.